The van der Waals surface area contributed by atoms with Crippen LogP contribution in [0.1, 0.15) is 11.1 Å². The van der Waals surface area contributed by atoms with E-state index in [0.717, 1.165) is 11.1 Å². The second-order valence-electron chi connectivity index (χ2n) is 3.15. The van der Waals surface area contributed by atoms with E-state index in [-0.39, 0.29) is 6.61 Å². The van der Waals surface area contributed by atoms with Crippen molar-refractivity contribution in [2.45, 2.75) is 13.8 Å². The lowest BCUT2D eigenvalue weighted by atomic mass is 10.1. The van der Waals surface area contributed by atoms with Crippen LogP contribution >= 0.6 is 11.6 Å². The van der Waals surface area contributed by atoms with Crippen molar-refractivity contribution < 1.29 is 9.53 Å². The molecule has 2 N–H and O–H groups in total. The van der Waals surface area contributed by atoms with E-state index in [1.165, 1.54) is 0 Å². The van der Waals surface area contributed by atoms with Gasteiger partial charge in [-0.2, -0.15) is 0 Å². The lowest BCUT2D eigenvalue weighted by Crippen LogP contribution is -2.20. The number of carbonyl (C=O) groups excluding carboxylic acids is 1. The molecular formula is C10H12ClNO2. The number of nitrogens with two attached hydrogens (primary N) is 1. The van der Waals surface area contributed by atoms with Crippen molar-refractivity contribution in [1.82, 2.24) is 0 Å². The molecule has 1 aromatic carbocycles. The fraction of sp³-hybridized carbons (Fsp3) is 0.300. The highest BCUT2D eigenvalue weighted by Gasteiger charge is 2.07. The molecule has 1 rings (SSSR count). The smallest absolute Gasteiger partial charge is 0.255 e. The van der Waals surface area contributed by atoms with Crippen molar-refractivity contribution in [1.29, 1.82) is 0 Å². The third kappa shape index (κ3) is 2.64. The third-order valence-corrected chi connectivity index (χ3v) is 2.01. The zero-order chi connectivity index (χ0) is 10.7. The molecular weight excluding hydrogens is 202 g/mol. The van der Waals surface area contributed by atoms with E-state index < -0.39 is 5.91 Å². The van der Waals surface area contributed by atoms with Crippen LogP contribution in [0.25, 0.3) is 0 Å². The minimum Gasteiger partial charge on any atom is -0.482 e. The average Bonchev–Trinajstić information content (AvgIpc) is 2.01. The topological polar surface area (TPSA) is 52.3 Å². The zero-order valence-electron chi connectivity index (χ0n) is 8.13. The number of carbonyl (C=O) groups is 1. The second-order valence-corrected chi connectivity index (χ2v) is 3.55. The maximum Gasteiger partial charge on any atom is 0.255 e. The van der Waals surface area contributed by atoms with Crippen molar-refractivity contribution in [2.75, 3.05) is 6.61 Å². The van der Waals surface area contributed by atoms with Crippen LogP contribution in [0.15, 0.2) is 12.1 Å². The molecule has 1 aromatic rings. The van der Waals surface area contributed by atoms with E-state index in [1.807, 2.05) is 19.9 Å². The highest BCUT2D eigenvalue weighted by atomic mass is 35.5. The molecule has 76 valence electrons. The molecule has 0 fully saturated rings. The summed E-state index contributed by atoms with van der Waals surface area (Å²) in [7, 11) is 0. The minimum atomic E-state index is -0.513. The van der Waals surface area contributed by atoms with E-state index in [4.69, 9.17) is 22.1 Å². The lowest BCUT2D eigenvalue weighted by molar-refractivity contribution is -0.119. The van der Waals surface area contributed by atoms with Crippen LogP contribution in [0, 0.1) is 13.8 Å². The number of ether oxygens (including phenoxy) is 1. The number of hydrogen-bond donors (Lipinski definition) is 1. The predicted molar refractivity (Wildman–Crippen MR) is 55.6 cm³/mol. The monoisotopic (exact) mass is 213 g/mol. The lowest BCUT2D eigenvalue weighted by Gasteiger charge is -2.10. The van der Waals surface area contributed by atoms with E-state index >= 15 is 0 Å². The highest BCUT2D eigenvalue weighted by Crippen LogP contribution is 2.29. The van der Waals surface area contributed by atoms with Gasteiger partial charge in [-0.3, -0.25) is 4.79 Å². The molecule has 0 aliphatic heterocycles. The van der Waals surface area contributed by atoms with Crippen LogP contribution in [0.5, 0.6) is 5.75 Å². The van der Waals surface area contributed by atoms with E-state index in [9.17, 15) is 4.79 Å². The van der Waals surface area contributed by atoms with Gasteiger partial charge in [0.15, 0.2) is 6.61 Å². The van der Waals surface area contributed by atoms with Crippen molar-refractivity contribution >= 4 is 17.5 Å². The maximum absolute atomic E-state index is 10.5. The summed E-state index contributed by atoms with van der Waals surface area (Å²) in [5.41, 5.74) is 6.92. The molecule has 3 nitrogen and oxygen atoms in total. The van der Waals surface area contributed by atoms with Gasteiger partial charge in [0.2, 0.25) is 0 Å². The van der Waals surface area contributed by atoms with E-state index in [2.05, 4.69) is 0 Å². The Labute approximate surface area is 87.8 Å². The molecule has 0 saturated carbocycles. The van der Waals surface area contributed by atoms with Gasteiger partial charge < -0.3 is 10.5 Å². The van der Waals surface area contributed by atoms with Crippen molar-refractivity contribution in [2.24, 2.45) is 5.73 Å². The fourth-order valence-electron chi connectivity index (χ4n) is 1.23. The first-order chi connectivity index (χ1) is 6.50. The number of amides is 1. The van der Waals surface area contributed by atoms with E-state index in [0.29, 0.717) is 10.8 Å². The SMILES string of the molecule is Cc1cc(C)c(OCC(N)=O)c(Cl)c1. The normalized spacial score (nSPS) is 9.93. The van der Waals surface area contributed by atoms with Gasteiger partial charge in [0.1, 0.15) is 5.75 Å². The van der Waals surface area contributed by atoms with Crippen LogP contribution in [-0.4, -0.2) is 12.5 Å². The molecule has 0 unspecified atom stereocenters. The van der Waals surface area contributed by atoms with E-state index in [1.54, 1.807) is 6.07 Å². The number of benzene rings is 1. The molecule has 0 aliphatic carbocycles. The van der Waals surface area contributed by atoms with Gasteiger partial charge in [-0.05, 0) is 31.0 Å². The molecule has 4 heteroatoms. The molecule has 0 aliphatic rings. The molecule has 0 bridgehead atoms. The zero-order valence-corrected chi connectivity index (χ0v) is 8.89. The van der Waals surface area contributed by atoms with Gasteiger partial charge in [0, 0.05) is 0 Å². The Balaban J connectivity index is 2.91. The Morgan fingerprint density at radius 1 is 1.50 bits per heavy atom. The Morgan fingerprint density at radius 2 is 2.14 bits per heavy atom. The van der Waals surface area contributed by atoms with Crippen LogP contribution in [0.4, 0.5) is 0 Å². The van der Waals surface area contributed by atoms with Crippen molar-refractivity contribution in [3.8, 4) is 5.75 Å². The minimum absolute atomic E-state index is 0.149. The van der Waals surface area contributed by atoms with Gasteiger partial charge in [-0.25, -0.2) is 0 Å². The highest BCUT2D eigenvalue weighted by molar-refractivity contribution is 6.32. The van der Waals surface area contributed by atoms with Crippen LogP contribution in [-0.2, 0) is 4.79 Å². The summed E-state index contributed by atoms with van der Waals surface area (Å²) in [6.07, 6.45) is 0. The molecule has 14 heavy (non-hydrogen) atoms. The van der Waals surface area contributed by atoms with Gasteiger partial charge in [-0.1, -0.05) is 17.7 Å². The third-order valence-electron chi connectivity index (χ3n) is 1.73. The van der Waals surface area contributed by atoms with Crippen molar-refractivity contribution in [3.05, 3.63) is 28.3 Å². The number of hydrogen-bond acceptors (Lipinski definition) is 2. The molecule has 0 spiro atoms. The number of primary amides is 1. The summed E-state index contributed by atoms with van der Waals surface area (Å²) in [6.45, 7) is 3.66. The summed E-state index contributed by atoms with van der Waals surface area (Å²) in [5.74, 6) is 0.0112. The molecule has 0 heterocycles. The number of halogens is 1. The molecule has 0 atom stereocenters. The molecule has 0 radical (unpaired) electrons. The summed E-state index contributed by atoms with van der Waals surface area (Å²) in [4.78, 5) is 10.5. The Morgan fingerprint density at radius 3 is 2.64 bits per heavy atom. The standard InChI is InChI=1S/C10H12ClNO2/c1-6-3-7(2)10(8(11)4-6)14-5-9(12)13/h3-4H,5H2,1-2H3,(H2,12,13). The van der Waals surface area contributed by atoms with Gasteiger partial charge >= 0.3 is 0 Å². The summed E-state index contributed by atoms with van der Waals surface area (Å²) in [5, 5.41) is 0.503. The fourth-order valence-corrected chi connectivity index (χ4v) is 1.60. The van der Waals surface area contributed by atoms with Gasteiger partial charge in [-0.15, -0.1) is 0 Å². The molecule has 0 aromatic heterocycles. The first-order valence-corrected chi connectivity index (χ1v) is 4.56. The quantitative estimate of drug-likeness (QED) is 0.833. The largest absolute Gasteiger partial charge is 0.482 e. The Kier molecular flexibility index (Phi) is 3.36. The second kappa shape index (κ2) is 4.33. The molecule has 1 amide bonds. The average molecular weight is 214 g/mol. The van der Waals surface area contributed by atoms with Crippen LogP contribution in [0.2, 0.25) is 5.02 Å². The summed E-state index contributed by atoms with van der Waals surface area (Å²) >= 11 is 5.94. The molecule has 0 saturated heterocycles. The summed E-state index contributed by atoms with van der Waals surface area (Å²) in [6, 6.07) is 3.72. The van der Waals surface area contributed by atoms with Gasteiger partial charge in [0.05, 0.1) is 5.02 Å². The summed E-state index contributed by atoms with van der Waals surface area (Å²) < 4.78 is 5.18. The number of rotatable bonds is 3. The maximum atomic E-state index is 10.5. The number of aryl methyl sites for hydroxylation is 2. The first kappa shape index (κ1) is 10.9. The Hall–Kier alpha value is -1.22. The first-order valence-electron chi connectivity index (χ1n) is 4.18. The Bertz CT molecular complexity index is 340. The predicted octanol–water partition coefficient (Wildman–Crippen LogP) is 1.82. The van der Waals surface area contributed by atoms with Crippen LogP contribution in [0.3, 0.4) is 0 Å². The van der Waals surface area contributed by atoms with Crippen molar-refractivity contribution in [3.63, 3.8) is 0 Å². The van der Waals surface area contributed by atoms with Gasteiger partial charge in [0.25, 0.3) is 5.91 Å². The van der Waals surface area contributed by atoms with Crippen LogP contribution < -0.4 is 10.5 Å².